The maximum atomic E-state index is 11.0. The van der Waals surface area contributed by atoms with Crippen LogP contribution in [0.25, 0.3) is 10.8 Å². The van der Waals surface area contributed by atoms with Crippen LogP contribution in [-0.4, -0.2) is 10.9 Å². The summed E-state index contributed by atoms with van der Waals surface area (Å²) in [4.78, 5) is 14.9. The fraction of sp³-hybridized carbons (Fsp3) is 0. The van der Waals surface area contributed by atoms with Gasteiger partial charge in [0.1, 0.15) is 5.69 Å². The molecule has 1 heterocycles. The second kappa shape index (κ2) is 2.86. The second-order valence-corrected chi connectivity index (χ2v) is 2.74. The van der Waals surface area contributed by atoms with Crippen LogP contribution in [0.2, 0.25) is 0 Å². The number of pyridine rings is 1. The number of nitrogens with zero attached hydrogens (tertiary/aromatic N) is 1. The lowest BCUT2D eigenvalue weighted by Gasteiger charge is -2.00. The number of amides is 1. The van der Waals surface area contributed by atoms with Crippen molar-refractivity contribution in [3.8, 4) is 0 Å². The highest BCUT2D eigenvalue weighted by Crippen LogP contribution is 2.15. The van der Waals surface area contributed by atoms with E-state index in [0.717, 1.165) is 10.8 Å². The normalized spacial score (nSPS) is 10.2. The highest BCUT2D eigenvalue weighted by molar-refractivity contribution is 6.04. The molecule has 1 amide bonds. The molecule has 2 N–H and O–H groups in total. The van der Waals surface area contributed by atoms with Gasteiger partial charge in [0.15, 0.2) is 0 Å². The molecule has 64 valence electrons. The minimum Gasteiger partial charge on any atom is -0.364 e. The lowest BCUT2D eigenvalue weighted by atomic mass is 10.1. The Balaban J connectivity index is 2.83. The number of hydrogen-bond acceptors (Lipinski definition) is 2. The van der Waals surface area contributed by atoms with Crippen molar-refractivity contribution >= 4 is 16.7 Å². The monoisotopic (exact) mass is 172 g/mol. The molecule has 0 saturated heterocycles. The Labute approximate surface area is 75.2 Å². The highest BCUT2D eigenvalue weighted by Gasteiger charge is 2.05. The lowest BCUT2D eigenvalue weighted by molar-refractivity contribution is 0.0997. The summed E-state index contributed by atoms with van der Waals surface area (Å²) in [6.07, 6.45) is 1.59. The van der Waals surface area contributed by atoms with Gasteiger partial charge in [-0.1, -0.05) is 24.3 Å². The van der Waals surface area contributed by atoms with Gasteiger partial charge in [0.05, 0.1) is 0 Å². The van der Waals surface area contributed by atoms with Crippen molar-refractivity contribution in [1.29, 1.82) is 0 Å². The summed E-state index contributed by atoms with van der Waals surface area (Å²) in [5, 5.41) is 1.78. The number of nitrogens with two attached hydrogens (primary N) is 1. The van der Waals surface area contributed by atoms with E-state index in [9.17, 15) is 4.79 Å². The van der Waals surface area contributed by atoms with Gasteiger partial charge in [-0.3, -0.25) is 9.78 Å². The molecule has 13 heavy (non-hydrogen) atoms. The van der Waals surface area contributed by atoms with Gasteiger partial charge in [0.2, 0.25) is 0 Å². The largest absolute Gasteiger partial charge is 0.364 e. The summed E-state index contributed by atoms with van der Waals surface area (Å²) in [6, 6.07) is 9.37. The number of carbonyl (C=O) groups is 1. The summed E-state index contributed by atoms with van der Waals surface area (Å²) < 4.78 is 0. The minimum atomic E-state index is -0.489. The summed E-state index contributed by atoms with van der Waals surface area (Å²) >= 11 is 0. The van der Waals surface area contributed by atoms with E-state index in [2.05, 4.69) is 4.98 Å². The number of aromatic nitrogens is 1. The number of benzene rings is 1. The van der Waals surface area contributed by atoms with E-state index in [1.165, 1.54) is 0 Å². The first kappa shape index (κ1) is 7.73. The van der Waals surface area contributed by atoms with Crippen molar-refractivity contribution in [3.05, 3.63) is 42.2 Å². The summed E-state index contributed by atoms with van der Waals surface area (Å²) in [7, 11) is 0. The molecular weight excluding hydrogens is 164 g/mol. The molecule has 0 aliphatic carbocycles. The van der Waals surface area contributed by atoms with Crippen LogP contribution in [-0.2, 0) is 0 Å². The Kier molecular flexibility index (Phi) is 1.70. The number of fused-ring (bicyclic) bond motifs is 1. The van der Waals surface area contributed by atoms with Gasteiger partial charge in [-0.15, -0.1) is 0 Å². The van der Waals surface area contributed by atoms with Crippen LogP contribution in [0.1, 0.15) is 10.5 Å². The standard InChI is InChI=1S/C10H8N2O/c11-10(13)9-8-4-2-1-3-7(8)5-6-12-9/h1-6H,(H2,11,13). The molecular formula is C10H8N2O. The average molecular weight is 172 g/mol. The molecule has 0 atom stereocenters. The van der Waals surface area contributed by atoms with E-state index in [1.807, 2.05) is 30.3 Å². The van der Waals surface area contributed by atoms with Crippen LogP contribution in [0.15, 0.2) is 36.5 Å². The number of hydrogen-bond donors (Lipinski definition) is 1. The van der Waals surface area contributed by atoms with Crippen LogP contribution in [0.3, 0.4) is 0 Å². The van der Waals surface area contributed by atoms with Gasteiger partial charge in [-0.05, 0) is 11.5 Å². The molecule has 0 aliphatic heterocycles. The zero-order valence-corrected chi connectivity index (χ0v) is 6.90. The number of carbonyl (C=O) groups excluding carboxylic acids is 1. The topological polar surface area (TPSA) is 56.0 Å². The Bertz CT molecular complexity index is 460. The molecule has 3 nitrogen and oxygen atoms in total. The second-order valence-electron chi connectivity index (χ2n) is 2.74. The predicted molar refractivity (Wildman–Crippen MR) is 50.3 cm³/mol. The molecule has 1 aromatic carbocycles. The van der Waals surface area contributed by atoms with Crippen molar-refractivity contribution in [2.75, 3.05) is 0 Å². The van der Waals surface area contributed by atoms with Gasteiger partial charge in [-0.25, -0.2) is 0 Å². The van der Waals surface area contributed by atoms with Gasteiger partial charge < -0.3 is 5.73 Å². The number of rotatable bonds is 1. The zero-order chi connectivity index (χ0) is 9.26. The Morgan fingerprint density at radius 2 is 2.00 bits per heavy atom. The van der Waals surface area contributed by atoms with Gasteiger partial charge in [0, 0.05) is 11.6 Å². The van der Waals surface area contributed by atoms with Gasteiger partial charge in [0.25, 0.3) is 5.91 Å². The van der Waals surface area contributed by atoms with Crippen LogP contribution >= 0.6 is 0 Å². The Morgan fingerprint density at radius 1 is 1.23 bits per heavy atom. The van der Waals surface area contributed by atoms with Gasteiger partial charge >= 0.3 is 0 Å². The third-order valence-electron chi connectivity index (χ3n) is 1.91. The maximum Gasteiger partial charge on any atom is 0.267 e. The first-order chi connectivity index (χ1) is 6.29. The first-order valence-electron chi connectivity index (χ1n) is 3.92. The molecule has 0 aliphatic rings. The van der Waals surface area contributed by atoms with Crippen molar-refractivity contribution in [1.82, 2.24) is 4.98 Å². The first-order valence-corrected chi connectivity index (χ1v) is 3.92. The fourth-order valence-electron chi connectivity index (χ4n) is 1.32. The third kappa shape index (κ3) is 1.24. The quantitative estimate of drug-likeness (QED) is 0.705. The average Bonchev–Trinajstić information content (AvgIpc) is 2.17. The number of primary amides is 1. The molecule has 2 rings (SSSR count). The van der Waals surface area contributed by atoms with E-state index in [0.29, 0.717) is 5.69 Å². The molecule has 0 bridgehead atoms. The summed E-state index contributed by atoms with van der Waals surface area (Å²) in [6.45, 7) is 0. The van der Waals surface area contributed by atoms with Gasteiger partial charge in [-0.2, -0.15) is 0 Å². The van der Waals surface area contributed by atoms with Crippen LogP contribution in [0.5, 0.6) is 0 Å². The Morgan fingerprint density at radius 3 is 2.77 bits per heavy atom. The molecule has 0 spiro atoms. The molecule has 0 fully saturated rings. The van der Waals surface area contributed by atoms with E-state index < -0.39 is 5.91 Å². The van der Waals surface area contributed by atoms with Crippen molar-refractivity contribution < 1.29 is 4.79 Å². The smallest absolute Gasteiger partial charge is 0.267 e. The van der Waals surface area contributed by atoms with E-state index >= 15 is 0 Å². The third-order valence-corrected chi connectivity index (χ3v) is 1.91. The van der Waals surface area contributed by atoms with Crippen molar-refractivity contribution in [2.24, 2.45) is 5.73 Å². The predicted octanol–water partition coefficient (Wildman–Crippen LogP) is 1.33. The van der Waals surface area contributed by atoms with E-state index in [-0.39, 0.29) is 0 Å². The van der Waals surface area contributed by atoms with Crippen LogP contribution < -0.4 is 5.73 Å². The molecule has 2 aromatic rings. The molecule has 3 heteroatoms. The van der Waals surface area contributed by atoms with E-state index in [4.69, 9.17) is 5.73 Å². The van der Waals surface area contributed by atoms with Crippen LogP contribution in [0.4, 0.5) is 0 Å². The molecule has 0 saturated carbocycles. The minimum absolute atomic E-state index is 0.332. The molecule has 0 unspecified atom stereocenters. The maximum absolute atomic E-state index is 11.0. The molecule has 1 aromatic heterocycles. The van der Waals surface area contributed by atoms with E-state index in [1.54, 1.807) is 6.20 Å². The Hall–Kier alpha value is -1.90. The SMILES string of the molecule is NC(=O)c1nccc2ccccc12. The highest BCUT2D eigenvalue weighted by atomic mass is 16.1. The van der Waals surface area contributed by atoms with Crippen molar-refractivity contribution in [3.63, 3.8) is 0 Å². The fourth-order valence-corrected chi connectivity index (χ4v) is 1.32. The van der Waals surface area contributed by atoms with Crippen molar-refractivity contribution in [2.45, 2.75) is 0 Å². The summed E-state index contributed by atoms with van der Waals surface area (Å²) in [5.74, 6) is -0.489. The lowest BCUT2D eigenvalue weighted by Crippen LogP contribution is -2.13. The summed E-state index contributed by atoms with van der Waals surface area (Å²) in [5.41, 5.74) is 5.51. The van der Waals surface area contributed by atoms with Crippen LogP contribution in [0, 0.1) is 0 Å². The molecule has 0 radical (unpaired) electrons. The zero-order valence-electron chi connectivity index (χ0n) is 6.90.